The molecule has 0 aliphatic carbocycles. The summed E-state index contributed by atoms with van der Waals surface area (Å²) in [6.45, 7) is 9.90. The molecule has 3 aromatic carbocycles. The molecule has 0 atom stereocenters. The number of halogens is 1. The van der Waals surface area contributed by atoms with Crippen LogP contribution in [0.15, 0.2) is 66.7 Å². The van der Waals surface area contributed by atoms with Crippen molar-refractivity contribution in [2.75, 3.05) is 25.7 Å². The summed E-state index contributed by atoms with van der Waals surface area (Å²) >= 11 is 1.30. The van der Waals surface area contributed by atoms with Crippen LogP contribution in [0, 0.1) is 0 Å². The average Bonchev–Trinajstić information content (AvgIpc) is 3.28. The second-order valence-corrected chi connectivity index (χ2v) is 14.9. The number of rotatable bonds is 13. The van der Waals surface area contributed by atoms with E-state index in [0.29, 0.717) is 56.1 Å². The molecule has 0 fully saturated rings. The van der Waals surface area contributed by atoms with E-state index in [9.17, 15) is 21.6 Å². The minimum atomic E-state index is -3.74. The molecule has 0 saturated carbocycles. The first kappa shape index (κ1) is 35.3. The Morgan fingerprint density at radius 2 is 1.30 bits per heavy atom. The predicted octanol–water partition coefficient (Wildman–Crippen LogP) is 6.40. The Hall–Kier alpha value is -3.16. The zero-order valence-electron chi connectivity index (χ0n) is 25.3. The van der Waals surface area contributed by atoms with Gasteiger partial charge in [-0.15, -0.1) is 23.7 Å². The Morgan fingerprint density at radius 3 is 1.84 bits per heavy atom. The smallest absolute Gasteiger partial charge is 0.306 e. The van der Waals surface area contributed by atoms with Gasteiger partial charge in [-0.05, 0) is 100.0 Å². The molecular weight excluding hydrogens is 646 g/mol. The molecule has 0 aliphatic rings. The summed E-state index contributed by atoms with van der Waals surface area (Å²) in [6, 6.07) is 18.9. The van der Waals surface area contributed by atoms with Gasteiger partial charge in [0.15, 0.2) is 5.78 Å². The van der Waals surface area contributed by atoms with Crippen molar-refractivity contribution in [1.82, 2.24) is 4.90 Å². The first-order valence-corrected chi connectivity index (χ1v) is 18.1. The quantitative estimate of drug-likeness (QED) is 0.117. The zero-order chi connectivity index (χ0) is 31.5. The number of ketones is 1. The Bertz CT molecular complexity index is 1810. The maximum Gasteiger partial charge on any atom is 0.306 e. The number of fused-ring (bicyclic) bond motifs is 1. The molecule has 1 heterocycles. The van der Waals surface area contributed by atoms with Crippen molar-refractivity contribution in [2.24, 2.45) is 0 Å². The summed E-state index contributed by atoms with van der Waals surface area (Å²) in [5, 5.41) is 0.630. The van der Waals surface area contributed by atoms with Crippen LogP contribution in [0.4, 0.5) is 0 Å². The molecule has 1 aromatic heterocycles. The topological polar surface area (TPSA) is 116 Å². The molecule has 238 valence electrons. The minimum absolute atomic E-state index is 0. The minimum Gasteiger partial charge on any atom is -0.492 e. The number of thiophene rings is 1. The van der Waals surface area contributed by atoms with Gasteiger partial charge < -0.3 is 13.1 Å². The van der Waals surface area contributed by atoms with Crippen LogP contribution in [0.25, 0.3) is 20.5 Å². The highest BCUT2D eigenvalue weighted by Gasteiger charge is 2.23. The predicted molar refractivity (Wildman–Crippen MR) is 178 cm³/mol. The third-order valence-electron chi connectivity index (χ3n) is 6.56. The van der Waals surface area contributed by atoms with E-state index in [2.05, 4.69) is 32.6 Å². The van der Waals surface area contributed by atoms with Crippen molar-refractivity contribution in [2.45, 2.75) is 39.8 Å². The monoisotopic (exact) mass is 681 g/mol. The third-order valence-corrected chi connectivity index (χ3v) is 8.75. The highest BCUT2D eigenvalue weighted by Crippen LogP contribution is 2.42. The zero-order valence-corrected chi connectivity index (χ0v) is 28.5. The molecule has 0 spiro atoms. The molecule has 0 aliphatic heterocycles. The molecule has 0 N–H and O–H groups in total. The number of carbonyl (C=O) groups excluding carboxylic acids is 1. The molecule has 0 amide bonds. The highest BCUT2D eigenvalue weighted by molar-refractivity contribution is 7.86. The van der Waals surface area contributed by atoms with Gasteiger partial charge in [-0.2, -0.15) is 16.8 Å². The fourth-order valence-electron chi connectivity index (χ4n) is 4.80. The fourth-order valence-corrected chi connectivity index (χ4v) is 6.95. The second kappa shape index (κ2) is 14.3. The maximum absolute atomic E-state index is 14.0. The van der Waals surface area contributed by atoms with Gasteiger partial charge in [0.05, 0.1) is 12.5 Å². The average molecular weight is 682 g/mol. The van der Waals surface area contributed by atoms with Crippen molar-refractivity contribution < 1.29 is 34.7 Å². The molecule has 0 bridgehead atoms. The van der Waals surface area contributed by atoms with Crippen LogP contribution in [0.1, 0.15) is 43.6 Å². The number of hydrogen-bond acceptors (Lipinski definition) is 10. The van der Waals surface area contributed by atoms with E-state index >= 15 is 0 Å². The standard InChI is InChI=1S/C31H35NO8S3.ClH/c1-20(2)32(21(3)4)17-18-38-24-11-7-22(8-12-24)30(33)29-27-16-15-26(40-43(6,36)37)19-28(27)41-31(29)23-9-13-25(14-10-23)39-42(5,34)35;/h7-16,19-21H,17-18H2,1-6H3;1H. The maximum atomic E-state index is 14.0. The van der Waals surface area contributed by atoms with E-state index in [4.69, 9.17) is 13.1 Å². The summed E-state index contributed by atoms with van der Waals surface area (Å²) in [4.78, 5) is 16.9. The van der Waals surface area contributed by atoms with Gasteiger partial charge in [-0.25, -0.2) is 0 Å². The van der Waals surface area contributed by atoms with Gasteiger partial charge in [0, 0.05) is 44.7 Å². The highest BCUT2D eigenvalue weighted by atomic mass is 35.5. The first-order chi connectivity index (χ1) is 20.1. The molecule has 0 unspecified atom stereocenters. The molecule has 0 saturated heterocycles. The van der Waals surface area contributed by atoms with Crippen LogP contribution in [0.5, 0.6) is 17.2 Å². The lowest BCUT2D eigenvalue weighted by atomic mass is 9.97. The largest absolute Gasteiger partial charge is 0.492 e. The first-order valence-electron chi connectivity index (χ1n) is 13.6. The van der Waals surface area contributed by atoms with Gasteiger partial charge in [0.25, 0.3) is 0 Å². The van der Waals surface area contributed by atoms with Gasteiger partial charge in [-0.1, -0.05) is 0 Å². The summed E-state index contributed by atoms with van der Waals surface area (Å²) < 4.78 is 63.1. The normalized spacial score (nSPS) is 12.0. The number of nitrogens with zero attached hydrogens (tertiary/aromatic N) is 1. The fraction of sp³-hybridized carbons (Fsp3) is 0.323. The van der Waals surface area contributed by atoms with Crippen LogP contribution >= 0.6 is 23.7 Å². The number of carbonyl (C=O) groups is 1. The molecule has 0 radical (unpaired) electrons. The van der Waals surface area contributed by atoms with E-state index < -0.39 is 20.2 Å². The summed E-state index contributed by atoms with van der Waals surface area (Å²) in [6.07, 6.45) is 1.92. The van der Waals surface area contributed by atoms with Crippen LogP contribution in [0.2, 0.25) is 0 Å². The van der Waals surface area contributed by atoms with Gasteiger partial charge in [0.2, 0.25) is 0 Å². The van der Waals surface area contributed by atoms with E-state index in [1.54, 1.807) is 48.5 Å². The molecule has 9 nitrogen and oxygen atoms in total. The van der Waals surface area contributed by atoms with Crippen LogP contribution in [-0.4, -0.2) is 65.3 Å². The van der Waals surface area contributed by atoms with Gasteiger partial charge in [0.1, 0.15) is 23.9 Å². The number of hydrogen-bond donors (Lipinski definition) is 0. The van der Waals surface area contributed by atoms with E-state index in [1.807, 2.05) is 0 Å². The van der Waals surface area contributed by atoms with Gasteiger partial charge in [-0.3, -0.25) is 9.69 Å². The number of ether oxygens (including phenoxy) is 1. The number of benzene rings is 3. The summed E-state index contributed by atoms with van der Waals surface area (Å²) in [7, 11) is -7.45. The van der Waals surface area contributed by atoms with Crippen LogP contribution < -0.4 is 13.1 Å². The van der Waals surface area contributed by atoms with Crippen molar-refractivity contribution in [1.29, 1.82) is 0 Å². The Balaban J connectivity index is 0.00000529. The Morgan fingerprint density at radius 1 is 0.773 bits per heavy atom. The summed E-state index contributed by atoms with van der Waals surface area (Å²) in [5.74, 6) is 0.702. The van der Waals surface area contributed by atoms with Crippen LogP contribution in [-0.2, 0) is 20.2 Å². The Kier molecular flexibility index (Phi) is 11.5. The third kappa shape index (κ3) is 9.18. The lowest BCUT2D eigenvalue weighted by molar-refractivity contribution is 0.104. The molecular formula is C31H36ClNO8S3. The van der Waals surface area contributed by atoms with E-state index in [1.165, 1.54) is 29.5 Å². The SMILES string of the molecule is CC(C)N(CCOc1ccc(C(=O)c2c(-c3ccc(OS(C)(=O)=O)cc3)sc3cc(OS(C)(=O)=O)ccc23)cc1)C(C)C.Cl. The molecule has 44 heavy (non-hydrogen) atoms. The van der Waals surface area contributed by atoms with Crippen molar-refractivity contribution >= 4 is 59.8 Å². The van der Waals surface area contributed by atoms with Crippen molar-refractivity contribution in [3.8, 4) is 27.7 Å². The molecule has 4 rings (SSSR count). The van der Waals surface area contributed by atoms with Crippen molar-refractivity contribution in [3.05, 3.63) is 77.9 Å². The van der Waals surface area contributed by atoms with Crippen LogP contribution in [0.3, 0.4) is 0 Å². The van der Waals surface area contributed by atoms with E-state index in [-0.39, 0.29) is 29.7 Å². The lowest BCUT2D eigenvalue weighted by Gasteiger charge is -2.30. The second-order valence-electron chi connectivity index (χ2n) is 10.7. The van der Waals surface area contributed by atoms with E-state index in [0.717, 1.165) is 19.1 Å². The van der Waals surface area contributed by atoms with Crippen molar-refractivity contribution in [3.63, 3.8) is 0 Å². The lowest BCUT2D eigenvalue weighted by Crippen LogP contribution is -2.39. The Labute approximate surface area is 269 Å². The van der Waals surface area contributed by atoms with Gasteiger partial charge >= 0.3 is 20.2 Å². The molecule has 13 heteroatoms. The molecule has 4 aromatic rings. The summed E-state index contributed by atoms with van der Waals surface area (Å²) in [5.41, 5.74) is 1.55.